The summed E-state index contributed by atoms with van der Waals surface area (Å²) in [5.74, 6) is 1.29. The lowest BCUT2D eigenvalue weighted by Crippen LogP contribution is -2.51. The van der Waals surface area contributed by atoms with E-state index >= 15 is 0 Å². The normalized spacial score (nSPS) is 21.1. The number of nitrogens with one attached hydrogen (secondary N) is 1. The van der Waals surface area contributed by atoms with Gasteiger partial charge in [-0.2, -0.15) is 0 Å². The van der Waals surface area contributed by atoms with E-state index in [1.807, 2.05) is 18.2 Å². The molecule has 4 rings (SSSR count). The van der Waals surface area contributed by atoms with Gasteiger partial charge >= 0.3 is 0 Å². The monoisotopic (exact) mass is 393 g/mol. The van der Waals surface area contributed by atoms with Crippen LogP contribution in [0.1, 0.15) is 30.0 Å². The summed E-state index contributed by atoms with van der Waals surface area (Å²) in [7, 11) is 1.70. The standard InChI is InChI=1S/C24H31N3O2/c1-29-23-10-6-5-9-21(23)22-17-25-13-16-27(22)24(28)20-11-14-26(15-12-20)18-19-7-3-2-4-8-19/h2-10,20,22,25H,11-18H2,1H3. The van der Waals surface area contributed by atoms with Crippen molar-refractivity contribution in [2.24, 2.45) is 5.92 Å². The number of amides is 1. The van der Waals surface area contributed by atoms with Gasteiger partial charge in [0.2, 0.25) is 5.91 Å². The number of methoxy groups -OCH3 is 1. The largest absolute Gasteiger partial charge is 0.496 e. The number of carbonyl (C=O) groups excluding carboxylic acids is 1. The Bertz CT molecular complexity index is 803. The van der Waals surface area contributed by atoms with Gasteiger partial charge in [0.15, 0.2) is 0 Å². The van der Waals surface area contributed by atoms with Crippen LogP contribution >= 0.6 is 0 Å². The zero-order valence-corrected chi connectivity index (χ0v) is 17.2. The molecule has 0 radical (unpaired) electrons. The number of benzene rings is 2. The molecule has 154 valence electrons. The molecule has 0 aliphatic carbocycles. The first-order chi connectivity index (χ1) is 14.3. The van der Waals surface area contributed by atoms with Gasteiger partial charge in [-0.1, -0.05) is 48.5 Å². The van der Waals surface area contributed by atoms with Crippen molar-refractivity contribution in [3.63, 3.8) is 0 Å². The van der Waals surface area contributed by atoms with E-state index < -0.39 is 0 Å². The SMILES string of the molecule is COc1ccccc1C1CNCCN1C(=O)C1CCN(Cc2ccccc2)CC1. The molecule has 5 nitrogen and oxygen atoms in total. The maximum atomic E-state index is 13.4. The van der Waals surface area contributed by atoms with Gasteiger partial charge in [-0.05, 0) is 37.6 Å². The Balaban J connectivity index is 1.40. The summed E-state index contributed by atoms with van der Waals surface area (Å²) in [6.07, 6.45) is 1.88. The molecule has 1 amide bonds. The molecule has 0 aromatic heterocycles. The van der Waals surface area contributed by atoms with Crippen molar-refractivity contribution in [2.75, 3.05) is 39.8 Å². The summed E-state index contributed by atoms with van der Waals surface area (Å²) in [5, 5.41) is 3.45. The molecule has 0 saturated carbocycles. The van der Waals surface area contributed by atoms with Crippen molar-refractivity contribution in [2.45, 2.75) is 25.4 Å². The van der Waals surface area contributed by atoms with Crippen molar-refractivity contribution in [1.82, 2.24) is 15.1 Å². The van der Waals surface area contributed by atoms with Crippen LogP contribution in [-0.4, -0.2) is 55.5 Å². The van der Waals surface area contributed by atoms with Gasteiger partial charge < -0.3 is 15.0 Å². The van der Waals surface area contributed by atoms with E-state index in [-0.39, 0.29) is 12.0 Å². The molecule has 29 heavy (non-hydrogen) atoms. The third-order valence-electron chi connectivity index (χ3n) is 6.21. The van der Waals surface area contributed by atoms with Crippen LogP contribution in [-0.2, 0) is 11.3 Å². The number of ether oxygens (including phenoxy) is 1. The molecule has 0 spiro atoms. The lowest BCUT2D eigenvalue weighted by atomic mass is 9.92. The van der Waals surface area contributed by atoms with Crippen molar-refractivity contribution < 1.29 is 9.53 Å². The Labute approximate surface area is 173 Å². The average molecular weight is 394 g/mol. The number of piperazine rings is 1. The minimum Gasteiger partial charge on any atom is -0.496 e. The van der Waals surface area contributed by atoms with E-state index in [1.54, 1.807) is 7.11 Å². The van der Waals surface area contributed by atoms with Gasteiger partial charge in [-0.3, -0.25) is 9.69 Å². The number of piperidine rings is 1. The van der Waals surface area contributed by atoms with Crippen LogP contribution in [0.5, 0.6) is 5.75 Å². The fourth-order valence-electron chi connectivity index (χ4n) is 4.60. The Morgan fingerprint density at radius 1 is 1.03 bits per heavy atom. The lowest BCUT2D eigenvalue weighted by molar-refractivity contribution is -0.140. The van der Waals surface area contributed by atoms with E-state index in [0.29, 0.717) is 5.91 Å². The Hall–Kier alpha value is -2.37. The third kappa shape index (κ3) is 4.62. The molecule has 2 heterocycles. The van der Waals surface area contributed by atoms with Crippen molar-refractivity contribution >= 4 is 5.91 Å². The first-order valence-electron chi connectivity index (χ1n) is 10.7. The summed E-state index contributed by atoms with van der Waals surface area (Å²) in [6, 6.07) is 18.7. The predicted octanol–water partition coefficient (Wildman–Crippen LogP) is 3.08. The molecule has 0 bridgehead atoms. The van der Waals surface area contributed by atoms with E-state index in [4.69, 9.17) is 4.74 Å². The Morgan fingerprint density at radius 2 is 1.76 bits per heavy atom. The van der Waals surface area contributed by atoms with Crippen LogP contribution in [0.25, 0.3) is 0 Å². The smallest absolute Gasteiger partial charge is 0.226 e. The van der Waals surface area contributed by atoms with Gasteiger partial charge in [0.05, 0.1) is 13.2 Å². The first-order valence-corrected chi connectivity index (χ1v) is 10.7. The van der Waals surface area contributed by atoms with Crippen LogP contribution in [0.2, 0.25) is 0 Å². The van der Waals surface area contributed by atoms with Crippen molar-refractivity contribution in [3.8, 4) is 5.75 Å². The Kier molecular flexibility index (Phi) is 6.47. The molecule has 2 aliphatic rings. The van der Waals surface area contributed by atoms with Gasteiger partial charge in [0.1, 0.15) is 5.75 Å². The molecular formula is C24H31N3O2. The van der Waals surface area contributed by atoms with Crippen molar-refractivity contribution in [1.29, 1.82) is 0 Å². The molecule has 1 unspecified atom stereocenters. The molecule has 5 heteroatoms. The number of likely N-dealkylation sites (tertiary alicyclic amines) is 1. The predicted molar refractivity (Wildman–Crippen MR) is 115 cm³/mol. The number of rotatable bonds is 5. The highest BCUT2D eigenvalue weighted by molar-refractivity contribution is 5.79. The highest BCUT2D eigenvalue weighted by atomic mass is 16.5. The molecule has 1 N–H and O–H groups in total. The van der Waals surface area contributed by atoms with Crippen LogP contribution < -0.4 is 10.1 Å². The lowest BCUT2D eigenvalue weighted by Gasteiger charge is -2.40. The molecule has 1 atom stereocenters. The highest BCUT2D eigenvalue weighted by Crippen LogP contribution is 2.32. The summed E-state index contributed by atoms with van der Waals surface area (Å²) in [4.78, 5) is 18.0. The summed E-state index contributed by atoms with van der Waals surface area (Å²) in [6.45, 7) is 5.32. The molecule has 2 aliphatic heterocycles. The molecule has 2 aromatic rings. The number of carbonyl (C=O) groups is 1. The van der Waals surface area contributed by atoms with Crippen LogP contribution in [0.4, 0.5) is 0 Å². The zero-order chi connectivity index (χ0) is 20.1. The fourth-order valence-corrected chi connectivity index (χ4v) is 4.60. The average Bonchev–Trinajstić information content (AvgIpc) is 2.80. The quantitative estimate of drug-likeness (QED) is 0.848. The van der Waals surface area contributed by atoms with Crippen molar-refractivity contribution in [3.05, 3.63) is 65.7 Å². The van der Waals surface area contributed by atoms with E-state index in [2.05, 4.69) is 51.5 Å². The van der Waals surface area contributed by atoms with Gasteiger partial charge in [0, 0.05) is 37.7 Å². The van der Waals surface area contributed by atoms with Crippen LogP contribution in [0, 0.1) is 5.92 Å². The summed E-state index contributed by atoms with van der Waals surface area (Å²) < 4.78 is 5.57. The fraction of sp³-hybridized carbons (Fsp3) is 0.458. The van der Waals surface area contributed by atoms with Gasteiger partial charge in [-0.15, -0.1) is 0 Å². The maximum absolute atomic E-state index is 13.4. The van der Waals surface area contributed by atoms with E-state index in [1.165, 1.54) is 5.56 Å². The summed E-state index contributed by atoms with van der Waals surface area (Å²) >= 11 is 0. The Morgan fingerprint density at radius 3 is 2.52 bits per heavy atom. The molecule has 2 fully saturated rings. The van der Waals surface area contributed by atoms with E-state index in [9.17, 15) is 4.79 Å². The second-order valence-corrected chi connectivity index (χ2v) is 8.03. The number of hydrogen-bond donors (Lipinski definition) is 1. The molecule has 2 saturated heterocycles. The second-order valence-electron chi connectivity index (χ2n) is 8.03. The highest BCUT2D eigenvalue weighted by Gasteiger charge is 2.35. The number of para-hydroxylation sites is 1. The second kappa shape index (κ2) is 9.42. The first kappa shape index (κ1) is 19.9. The topological polar surface area (TPSA) is 44.8 Å². The van der Waals surface area contributed by atoms with Gasteiger partial charge in [0.25, 0.3) is 0 Å². The van der Waals surface area contributed by atoms with Crippen LogP contribution in [0.3, 0.4) is 0 Å². The number of hydrogen-bond acceptors (Lipinski definition) is 4. The van der Waals surface area contributed by atoms with Gasteiger partial charge in [-0.25, -0.2) is 0 Å². The zero-order valence-electron chi connectivity index (χ0n) is 17.2. The molecule has 2 aromatic carbocycles. The minimum atomic E-state index is 0.0368. The summed E-state index contributed by atoms with van der Waals surface area (Å²) in [5.41, 5.74) is 2.44. The third-order valence-corrected chi connectivity index (χ3v) is 6.21. The van der Waals surface area contributed by atoms with Crippen LogP contribution in [0.15, 0.2) is 54.6 Å². The van der Waals surface area contributed by atoms with E-state index in [0.717, 1.165) is 63.4 Å². The maximum Gasteiger partial charge on any atom is 0.226 e. The minimum absolute atomic E-state index is 0.0368. The number of nitrogens with zero attached hydrogens (tertiary/aromatic N) is 2. The molecular weight excluding hydrogens is 362 g/mol.